The Hall–Kier alpha value is -0.0800. The van der Waals surface area contributed by atoms with Gasteiger partial charge in [0.25, 0.3) is 0 Å². The van der Waals surface area contributed by atoms with Gasteiger partial charge in [-0.1, -0.05) is 19.8 Å². The molecule has 5 unspecified atom stereocenters. The van der Waals surface area contributed by atoms with Crippen molar-refractivity contribution >= 4 is 0 Å². The molecule has 2 heteroatoms. The van der Waals surface area contributed by atoms with Crippen molar-refractivity contribution in [3.05, 3.63) is 0 Å². The minimum atomic E-state index is 0.679. The fraction of sp³-hybridized carbons (Fsp3) is 1.00. The maximum atomic E-state index is 5.35. The molecule has 0 aromatic carbocycles. The molecule has 0 spiro atoms. The molecule has 5 atom stereocenters. The van der Waals surface area contributed by atoms with Crippen LogP contribution in [0.5, 0.6) is 0 Å². The Labute approximate surface area is 92.3 Å². The van der Waals surface area contributed by atoms with Crippen LogP contribution in [-0.4, -0.2) is 24.4 Å². The first kappa shape index (κ1) is 10.1. The minimum absolute atomic E-state index is 0.679. The highest BCUT2D eigenvalue weighted by atomic mass is 16.6. The van der Waals surface area contributed by atoms with Crippen molar-refractivity contribution in [2.24, 2.45) is 5.92 Å². The summed E-state index contributed by atoms with van der Waals surface area (Å²) in [5.74, 6) is 0.929. The lowest BCUT2D eigenvalue weighted by Crippen LogP contribution is -2.09. The van der Waals surface area contributed by atoms with Crippen LogP contribution in [0.15, 0.2) is 0 Å². The molecule has 15 heavy (non-hydrogen) atoms. The van der Waals surface area contributed by atoms with E-state index in [0.29, 0.717) is 24.4 Å². The molecule has 4 aliphatic rings. The molecule has 0 aromatic rings. The number of rotatable bonds is 0. The molecule has 0 bridgehead atoms. The second-order valence-electron chi connectivity index (χ2n) is 5.63. The van der Waals surface area contributed by atoms with E-state index in [1.165, 1.54) is 44.9 Å². The molecule has 0 radical (unpaired) electrons. The summed E-state index contributed by atoms with van der Waals surface area (Å²) < 4.78 is 10.6. The molecule has 0 N–H and O–H groups in total. The van der Waals surface area contributed by atoms with E-state index < -0.39 is 0 Å². The lowest BCUT2D eigenvalue weighted by Gasteiger charge is -2.11. The molecule has 2 nitrogen and oxygen atoms in total. The van der Waals surface area contributed by atoms with Gasteiger partial charge in [0.05, 0.1) is 24.4 Å². The van der Waals surface area contributed by atoms with Gasteiger partial charge in [0.1, 0.15) is 0 Å². The Balaban J connectivity index is 0.0000000971. The van der Waals surface area contributed by atoms with Crippen LogP contribution in [0.1, 0.15) is 51.9 Å². The van der Waals surface area contributed by atoms with Crippen molar-refractivity contribution in [1.29, 1.82) is 0 Å². The summed E-state index contributed by atoms with van der Waals surface area (Å²) in [4.78, 5) is 0. The van der Waals surface area contributed by atoms with Crippen LogP contribution in [0.2, 0.25) is 0 Å². The zero-order valence-corrected chi connectivity index (χ0v) is 9.65. The monoisotopic (exact) mass is 210 g/mol. The van der Waals surface area contributed by atoms with E-state index in [0.717, 1.165) is 5.92 Å². The zero-order chi connectivity index (χ0) is 10.3. The lowest BCUT2D eigenvalue weighted by atomic mass is 9.91. The molecule has 0 aromatic heterocycles. The first-order chi connectivity index (χ1) is 7.33. The van der Waals surface area contributed by atoms with Gasteiger partial charge in [0.15, 0.2) is 0 Å². The largest absolute Gasteiger partial charge is 0.370 e. The van der Waals surface area contributed by atoms with Gasteiger partial charge in [-0.2, -0.15) is 0 Å². The summed E-state index contributed by atoms with van der Waals surface area (Å²) in [6.07, 6.45) is 12.3. The third-order valence-electron chi connectivity index (χ3n) is 4.18. The molecule has 86 valence electrons. The fourth-order valence-electron chi connectivity index (χ4n) is 2.98. The van der Waals surface area contributed by atoms with Crippen LogP contribution in [-0.2, 0) is 9.47 Å². The van der Waals surface area contributed by atoms with E-state index in [2.05, 4.69) is 6.92 Å². The van der Waals surface area contributed by atoms with Crippen LogP contribution in [0.3, 0.4) is 0 Å². The highest BCUT2D eigenvalue weighted by Gasteiger charge is 2.42. The Morgan fingerprint density at radius 3 is 1.87 bits per heavy atom. The second-order valence-corrected chi connectivity index (χ2v) is 5.63. The van der Waals surface area contributed by atoms with Crippen LogP contribution in [0.25, 0.3) is 0 Å². The van der Waals surface area contributed by atoms with E-state index in [1.807, 2.05) is 0 Å². The van der Waals surface area contributed by atoms with Gasteiger partial charge < -0.3 is 9.47 Å². The normalized spacial score (nSPS) is 50.6. The Kier molecular flexibility index (Phi) is 2.73. The average molecular weight is 210 g/mol. The molecule has 2 heterocycles. The Bertz CT molecular complexity index is 219. The van der Waals surface area contributed by atoms with Gasteiger partial charge in [-0.3, -0.25) is 0 Å². The number of ether oxygens (including phenoxy) is 2. The summed E-state index contributed by atoms with van der Waals surface area (Å²) in [7, 11) is 0. The van der Waals surface area contributed by atoms with Crippen LogP contribution >= 0.6 is 0 Å². The minimum Gasteiger partial charge on any atom is -0.370 e. The van der Waals surface area contributed by atoms with Gasteiger partial charge >= 0.3 is 0 Å². The molecule has 0 amide bonds. The van der Waals surface area contributed by atoms with Crippen molar-refractivity contribution < 1.29 is 9.47 Å². The molecule has 2 saturated heterocycles. The van der Waals surface area contributed by atoms with Gasteiger partial charge in [-0.15, -0.1) is 0 Å². The van der Waals surface area contributed by atoms with Crippen LogP contribution in [0, 0.1) is 5.92 Å². The van der Waals surface area contributed by atoms with E-state index in [-0.39, 0.29) is 0 Å². The second kappa shape index (κ2) is 4.06. The number of fused-ring (bicyclic) bond motifs is 2. The fourth-order valence-corrected chi connectivity index (χ4v) is 2.98. The predicted octanol–water partition coefficient (Wildman–Crippen LogP) is 2.90. The third-order valence-corrected chi connectivity index (χ3v) is 4.18. The molecule has 2 aliphatic carbocycles. The Morgan fingerprint density at radius 1 is 0.733 bits per heavy atom. The van der Waals surface area contributed by atoms with E-state index in [4.69, 9.17) is 9.47 Å². The van der Waals surface area contributed by atoms with Crippen molar-refractivity contribution in [3.63, 3.8) is 0 Å². The van der Waals surface area contributed by atoms with Gasteiger partial charge in [0.2, 0.25) is 0 Å². The average Bonchev–Trinajstić information content (AvgIpc) is 3.13. The molecule has 2 saturated carbocycles. The molecule has 4 fully saturated rings. The summed E-state index contributed by atoms with van der Waals surface area (Å²) in [6.45, 7) is 2.32. The SMILES string of the molecule is C1CCC2OC2C1.CC1CCC2OC2C1. The maximum absolute atomic E-state index is 5.35. The zero-order valence-electron chi connectivity index (χ0n) is 9.65. The standard InChI is InChI=1S/C7H12O.C6H10O/c1-5-2-3-6-7(4-5)8-6;1-2-4-6-5(3-1)7-6/h5-7H,2-4H2,1H3;5-6H,1-4H2. The van der Waals surface area contributed by atoms with Gasteiger partial charge in [-0.25, -0.2) is 0 Å². The van der Waals surface area contributed by atoms with Crippen molar-refractivity contribution in [2.75, 3.05) is 0 Å². The summed E-state index contributed by atoms with van der Waals surface area (Å²) in [5.41, 5.74) is 0. The molecular weight excluding hydrogens is 188 g/mol. The highest BCUT2D eigenvalue weighted by Crippen LogP contribution is 2.38. The smallest absolute Gasteiger partial charge is 0.0844 e. The highest BCUT2D eigenvalue weighted by molar-refractivity contribution is 4.90. The van der Waals surface area contributed by atoms with Crippen LogP contribution < -0.4 is 0 Å². The number of epoxide rings is 2. The first-order valence-electron chi connectivity index (χ1n) is 6.64. The van der Waals surface area contributed by atoms with Crippen molar-refractivity contribution in [2.45, 2.75) is 76.3 Å². The Morgan fingerprint density at radius 2 is 1.33 bits per heavy atom. The molecule has 4 rings (SSSR count). The van der Waals surface area contributed by atoms with Crippen molar-refractivity contribution in [3.8, 4) is 0 Å². The van der Waals surface area contributed by atoms with Crippen LogP contribution in [0.4, 0.5) is 0 Å². The maximum Gasteiger partial charge on any atom is 0.0844 e. The number of hydrogen-bond donors (Lipinski definition) is 0. The first-order valence-corrected chi connectivity index (χ1v) is 6.64. The van der Waals surface area contributed by atoms with E-state index >= 15 is 0 Å². The quantitative estimate of drug-likeness (QED) is 0.574. The summed E-state index contributed by atoms with van der Waals surface area (Å²) >= 11 is 0. The molecular formula is C13H22O2. The predicted molar refractivity (Wildman–Crippen MR) is 58.8 cm³/mol. The topological polar surface area (TPSA) is 25.1 Å². The summed E-state index contributed by atoms with van der Waals surface area (Å²) in [5, 5.41) is 0. The van der Waals surface area contributed by atoms with Gasteiger partial charge in [0, 0.05) is 0 Å². The summed E-state index contributed by atoms with van der Waals surface area (Å²) in [6, 6.07) is 0. The van der Waals surface area contributed by atoms with Gasteiger partial charge in [-0.05, 0) is 38.0 Å². The van der Waals surface area contributed by atoms with Crippen molar-refractivity contribution in [1.82, 2.24) is 0 Å². The number of hydrogen-bond acceptors (Lipinski definition) is 2. The van der Waals surface area contributed by atoms with E-state index in [1.54, 1.807) is 0 Å². The van der Waals surface area contributed by atoms with E-state index in [9.17, 15) is 0 Å². The molecule has 2 aliphatic heterocycles. The third kappa shape index (κ3) is 2.54. The lowest BCUT2D eigenvalue weighted by molar-refractivity contribution is 0.367.